The van der Waals surface area contributed by atoms with Crippen LogP contribution in [-0.2, 0) is 0 Å². The van der Waals surface area contributed by atoms with Crippen LogP contribution >= 0.6 is 11.8 Å². The molecule has 1 aromatic heterocycles. The second-order valence-corrected chi connectivity index (χ2v) is 5.75. The van der Waals surface area contributed by atoms with E-state index in [1.165, 1.54) is 23.9 Å². The van der Waals surface area contributed by atoms with Gasteiger partial charge in [0.15, 0.2) is 0 Å². The molecule has 7 nitrogen and oxygen atoms in total. The first-order valence-corrected chi connectivity index (χ1v) is 7.79. The number of nitrogens with two attached hydrogens (primary N) is 2. The van der Waals surface area contributed by atoms with Gasteiger partial charge in [0.25, 0.3) is 0 Å². The Balaban J connectivity index is 2.70. The van der Waals surface area contributed by atoms with Crippen molar-refractivity contribution in [3.63, 3.8) is 0 Å². The minimum absolute atomic E-state index is 0.00548. The number of anilines is 1. The van der Waals surface area contributed by atoms with Crippen molar-refractivity contribution in [2.45, 2.75) is 5.03 Å². The van der Waals surface area contributed by atoms with Crippen molar-refractivity contribution in [1.82, 2.24) is 4.98 Å². The van der Waals surface area contributed by atoms with Crippen LogP contribution < -0.4 is 11.5 Å². The monoisotopic (exact) mass is 339 g/mol. The number of carbonyl (C=O) groups is 1. The highest BCUT2D eigenvalue weighted by atomic mass is 32.2. The Bertz CT molecular complexity index is 866. The van der Waals surface area contributed by atoms with E-state index in [2.05, 4.69) is 4.98 Å². The number of nitrogen functional groups attached to an aromatic ring is 1. The van der Waals surface area contributed by atoms with E-state index in [0.717, 1.165) is 0 Å². The number of hydrogen-bond donors (Lipinski definition) is 3. The summed E-state index contributed by atoms with van der Waals surface area (Å²) in [6.45, 7) is -0.0836. The number of nitriles is 2. The van der Waals surface area contributed by atoms with Crippen LogP contribution in [0.3, 0.4) is 0 Å². The fraction of sp³-hybridized carbons (Fsp3) is 0.125. The van der Waals surface area contributed by atoms with Gasteiger partial charge in [0.2, 0.25) is 5.91 Å². The molecule has 0 aliphatic carbocycles. The van der Waals surface area contributed by atoms with Gasteiger partial charge in [-0.25, -0.2) is 4.98 Å². The van der Waals surface area contributed by atoms with Gasteiger partial charge >= 0.3 is 0 Å². The molecular weight excluding hydrogens is 326 g/mol. The number of aromatic nitrogens is 1. The van der Waals surface area contributed by atoms with E-state index in [9.17, 15) is 15.3 Å². The van der Waals surface area contributed by atoms with Gasteiger partial charge in [0.1, 0.15) is 28.5 Å². The topological polar surface area (TPSA) is 150 Å². The lowest BCUT2D eigenvalue weighted by molar-refractivity contribution is 0.100. The van der Waals surface area contributed by atoms with Crippen molar-refractivity contribution in [1.29, 1.82) is 10.5 Å². The molecule has 24 heavy (non-hydrogen) atoms. The maximum atomic E-state index is 11.2. The first-order chi connectivity index (χ1) is 11.5. The van der Waals surface area contributed by atoms with Crippen molar-refractivity contribution in [2.75, 3.05) is 18.1 Å². The minimum Gasteiger partial charge on any atom is -0.396 e. The molecule has 0 unspecified atom stereocenters. The SMILES string of the molecule is N#Cc1c(N)nc(SCCO)c(C#N)c1-c1ccc(C(N)=O)cc1. The summed E-state index contributed by atoms with van der Waals surface area (Å²) in [7, 11) is 0. The number of aliphatic hydroxyl groups excluding tert-OH is 1. The van der Waals surface area contributed by atoms with Gasteiger partial charge in [-0.05, 0) is 17.7 Å². The number of benzene rings is 1. The summed E-state index contributed by atoms with van der Waals surface area (Å²) in [5.74, 6) is -0.227. The maximum Gasteiger partial charge on any atom is 0.248 e. The smallest absolute Gasteiger partial charge is 0.248 e. The number of thioether (sulfide) groups is 1. The highest BCUT2D eigenvalue weighted by Gasteiger charge is 2.20. The zero-order valence-electron chi connectivity index (χ0n) is 12.5. The van der Waals surface area contributed by atoms with E-state index >= 15 is 0 Å². The quantitative estimate of drug-likeness (QED) is 0.694. The second-order valence-electron chi connectivity index (χ2n) is 4.66. The van der Waals surface area contributed by atoms with Crippen LogP contribution in [0.25, 0.3) is 11.1 Å². The Morgan fingerprint density at radius 2 is 1.83 bits per heavy atom. The van der Waals surface area contributed by atoms with Crippen LogP contribution in [-0.4, -0.2) is 28.4 Å². The van der Waals surface area contributed by atoms with Gasteiger partial charge in [-0.15, -0.1) is 11.8 Å². The first-order valence-electron chi connectivity index (χ1n) is 6.81. The molecule has 2 rings (SSSR count). The number of nitrogens with zero attached hydrogens (tertiary/aromatic N) is 3. The Morgan fingerprint density at radius 3 is 2.33 bits per heavy atom. The van der Waals surface area contributed by atoms with E-state index in [4.69, 9.17) is 16.6 Å². The lowest BCUT2D eigenvalue weighted by Gasteiger charge is -2.13. The van der Waals surface area contributed by atoms with E-state index in [-0.39, 0.29) is 23.6 Å². The summed E-state index contributed by atoms with van der Waals surface area (Å²) in [6.07, 6.45) is 0. The fourth-order valence-corrected chi connectivity index (χ4v) is 2.87. The van der Waals surface area contributed by atoms with E-state index in [1.807, 2.05) is 12.1 Å². The zero-order chi connectivity index (χ0) is 17.7. The molecule has 0 saturated heterocycles. The van der Waals surface area contributed by atoms with Crippen molar-refractivity contribution in [3.05, 3.63) is 41.0 Å². The fourth-order valence-electron chi connectivity index (χ4n) is 2.13. The molecule has 0 radical (unpaired) electrons. The van der Waals surface area contributed by atoms with Crippen LogP contribution in [0.2, 0.25) is 0 Å². The summed E-state index contributed by atoms with van der Waals surface area (Å²) in [6, 6.07) is 10.2. The Hall–Kier alpha value is -3.07. The van der Waals surface area contributed by atoms with Gasteiger partial charge in [0.05, 0.1) is 12.2 Å². The Morgan fingerprint density at radius 1 is 1.21 bits per heavy atom. The maximum absolute atomic E-state index is 11.2. The van der Waals surface area contributed by atoms with Crippen molar-refractivity contribution < 1.29 is 9.90 Å². The third-order valence-electron chi connectivity index (χ3n) is 3.20. The molecule has 0 atom stereocenters. The highest BCUT2D eigenvalue weighted by Crippen LogP contribution is 2.35. The van der Waals surface area contributed by atoms with Crippen LogP contribution in [0.5, 0.6) is 0 Å². The number of hydrogen-bond acceptors (Lipinski definition) is 7. The molecule has 0 spiro atoms. The van der Waals surface area contributed by atoms with Crippen LogP contribution in [0, 0.1) is 22.7 Å². The number of primary amides is 1. The van der Waals surface area contributed by atoms with Gasteiger partial charge < -0.3 is 16.6 Å². The molecule has 0 bridgehead atoms. The summed E-state index contributed by atoms with van der Waals surface area (Å²) in [5, 5.41) is 28.2. The van der Waals surface area contributed by atoms with Gasteiger partial charge in [-0.2, -0.15) is 10.5 Å². The summed E-state index contributed by atoms with van der Waals surface area (Å²) in [5.41, 5.74) is 12.6. The van der Waals surface area contributed by atoms with Gasteiger partial charge in [0, 0.05) is 16.9 Å². The zero-order valence-corrected chi connectivity index (χ0v) is 13.3. The molecule has 1 amide bonds. The number of aliphatic hydroxyl groups is 1. The van der Waals surface area contributed by atoms with Crippen molar-refractivity contribution >= 4 is 23.5 Å². The second kappa shape index (κ2) is 7.47. The molecule has 0 aliphatic rings. The van der Waals surface area contributed by atoms with E-state index in [1.54, 1.807) is 12.1 Å². The molecule has 0 fully saturated rings. The first kappa shape index (κ1) is 17.3. The number of rotatable bonds is 5. The van der Waals surface area contributed by atoms with Gasteiger partial charge in [-0.1, -0.05) is 12.1 Å². The lowest BCUT2D eigenvalue weighted by atomic mass is 9.96. The molecule has 8 heteroatoms. The Kier molecular flexibility index (Phi) is 5.38. The molecule has 1 heterocycles. The number of pyridine rings is 1. The minimum atomic E-state index is -0.573. The predicted octanol–water partition coefficient (Wildman–Crippen LogP) is 1.26. The molecule has 0 saturated carbocycles. The standard InChI is InChI=1S/C16H13N5O2S/c17-7-11-13(9-1-3-10(4-2-9)15(20)23)12(8-18)16(21-14(11)19)24-6-5-22/h1-4,22H,5-6H2,(H2,19,21)(H2,20,23). The highest BCUT2D eigenvalue weighted by molar-refractivity contribution is 7.99. The molecule has 1 aromatic carbocycles. The van der Waals surface area contributed by atoms with Crippen molar-refractivity contribution in [2.24, 2.45) is 5.73 Å². The number of amides is 1. The van der Waals surface area contributed by atoms with Crippen LogP contribution in [0.15, 0.2) is 29.3 Å². The third kappa shape index (κ3) is 3.30. The molecule has 120 valence electrons. The normalized spacial score (nSPS) is 9.96. The third-order valence-corrected chi connectivity index (χ3v) is 4.16. The average molecular weight is 339 g/mol. The molecule has 5 N–H and O–H groups in total. The van der Waals surface area contributed by atoms with E-state index in [0.29, 0.717) is 27.5 Å². The number of carbonyl (C=O) groups excluding carboxylic acids is 1. The molecule has 2 aromatic rings. The lowest BCUT2D eigenvalue weighted by Crippen LogP contribution is -2.10. The summed E-state index contributed by atoms with van der Waals surface area (Å²) >= 11 is 1.17. The van der Waals surface area contributed by atoms with E-state index < -0.39 is 5.91 Å². The average Bonchev–Trinajstić information content (AvgIpc) is 2.59. The molecular formula is C16H13N5O2S. The molecule has 0 aliphatic heterocycles. The summed E-state index contributed by atoms with van der Waals surface area (Å²) < 4.78 is 0. The van der Waals surface area contributed by atoms with Crippen LogP contribution in [0.4, 0.5) is 5.82 Å². The summed E-state index contributed by atoms with van der Waals surface area (Å²) in [4.78, 5) is 15.3. The van der Waals surface area contributed by atoms with Crippen LogP contribution in [0.1, 0.15) is 21.5 Å². The van der Waals surface area contributed by atoms with Crippen molar-refractivity contribution in [3.8, 4) is 23.3 Å². The largest absolute Gasteiger partial charge is 0.396 e. The Labute approximate surface area is 142 Å². The predicted molar refractivity (Wildman–Crippen MR) is 89.8 cm³/mol. The van der Waals surface area contributed by atoms with Gasteiger partial charge in [-0.3, -0.25) is 4.79 Å².